The van der Waals surface area contributed by atoms with Gasteiger partial charge in [-0.2, -0.15) is 17.0 Å². The summed E-state index contributed by atoms with van der Waals surface area (Å²) in [5, 5.41) is 0. The maximum absolute atomic E-state index is 12.7. The van der Waals surface area contributed by atoms with Crippen molar-refractivity contribution in [2.24, 2.45) is 0 Å². The summed E-state index contributed by atoms with van der Waals surface area (Å²) in [5.74, 6) is 0. The second kappa shape index (κ2) is 6.73. The van der Waals surface area contributed by atoms with Crippen LogP contribution in [0.3, 0.4) is 0 Å². The SMILES string of the molecule is CC1COCCN1S(=O)(=O)c1cccc(NS(=O)(=O)N(C)C)c1. The molecule has 1 aromatic rings. The van der Waals surface area contributed by atoms with Crippen LogP contribution in [-0.4, -0.2) is 65.3 Å². The maximum atomic E-state index is 12.7. The summed E-state index contributed by atoms with van der Waals surface area (Å²) in [6.45, 7) is 2.73. The van der Waals surface area contributed by atoms with Crippen LogP contribution in [-0.2, 0) is 25.0 Å². The number of hydrogen-bond acceptors (Lipinski definition) is 5. The molecule has 0 saturated carbocycles. The van der Waals surface area contributed by atoms with Gasteiger partial charge in [-0.3, -0.25) is 4.72 Å². The molecule has 1 fully saturated rings. The molecule has 1 N–H and O–H groups in total. The molecule has 1 aromatic carbocycles. The number of benzene rings is 1. The molecule has 1 saturated heterocycles. The normalized spacial score (nSPS) is 20.6. The zero-order chi connectivity index (χ0) is 17.3. The minimum atomic E-state index is -3.70. The van der Waals surface area contributed by atoms with E-state index in [0.29, 0.717) is 13.2 Å². The Bertz CT molecular complexity index is 762. The molecule has 8 nitrogen and oxygen atoms in total. The summed E-state index contributed by atoms with van der Waals surface area (Å²) in [5.41, 5.74) is 0.195. The highest BCUT2D eigenvalue weighted by Crippen LogP contribution is 2.23. The Balaban J connectivity index is 2.32. The van der Waals surface area contributed by atoms with E-state index >= 15 is 0 Å². The van der Waals surface area contributed by atoms with Crippen molar-refractivity contribution in [3.05, 3.63) is 24.3 Å². The van der Waals surface area contributed by atoms with E-state index in [2.05, 4.69) is 4.72 Å². The largest absolute Gasteiger partial charge is 0.378 e. The number of nitrogens with zero attached hydrogens (tertiary/aromatic N) is 2. The van der Waals surface area contributed by atoms with E-state index in [1.54, 1.807) is 6.92 Å². The Kier molecular flexibility index (Phi) is 5.31. The van der Waals surface area contributed by atoms with Crippen LogP contribution in [0.1, 0.15) is 6.92 Å². The van der Waals surface area contributed by atoms with E-state index in [1.165, 1.54) is 42.7 Å². The summed E-state index contributed by atoms with van der Waals surface area (Å²) in [6, 6.07) is 5.51. The fraction of sp³-hybridized carbons (Fsp3) is 0.538. The van der Waals surface area contributed by atoms with Crippen LogP contribution in [0.15, 0.2) is 29.2 Å². The van der Waals surface area contributed by atoms with E-state index in [9.17, 15) is 16.8 Å². The summed E-state index contributed by atoms with van der Waals surface area (Å²) in [4.78, 5) is 0.0465. The van der Waals surface area contributed by atoms with Gasteiger partial charge in [-0.05, 0) is 25.1 Å². The fourth-order valence-corrected chi connectivity index (χ4v) is 4.42. The molecule has 130 valence electrons. The van der Waals surface area contributed by atoms with E-state index in [4.69, 9.17) is 4.74 Å². The van der Waals surface area contributed by atoms with Crippen molar-refractivity contribution < 1.29 is 21.6 Å². The van der Waals surface area contributed by atoms with Crippen LogP contribution < -0.4 is 4.72 Å². The van der Waals surface area contributed by atoms with Crippen LogP contribution in [0.5, 0.6) is 0 Å². The van der Waals surface area contributed by atoms with Gasteiger partial charge in [0.2, 0.25) is 10.0 Å². The molecule has 0 radical (unpaired) electrons. The Morgan fingerprint density at radius 2 is 1.96 bits per heavy atom. The molecule has 1 heterocycles. The van der Waals surface area contributed by atoms with Gasteiger partial charge in [0.05, 0.1) is 23.8 Å². The van der Waals surface area contributed by atoms with Crippen molar-refractivity contribution in [3.8, 4) is 0 Å². The highest BCUT2D eigenvalue weighted by molar-refractivity contribution is 7.90. The first-order valence-electron chi connectivity index (χ1n) is 7.04. The van der Waals surface area contributed by atoms with Crippen molar-refractivity contribution in [2.75, 3.05) is 38.6 Å². The van der Waals surface area contributed by atoms with Gasteiger partial charge in [0.15, 0.2) is 0 Å². The van der Waals surface area contributed by atoms with E-state index in [0.717, 1.165) is 4.31 Å². The third kappa shape index (κ3) is 4.01. The molecular formula is C13H21N3O5S2. The van der Waals surface area contributed by atoms with E-state index in [-0.39, 0.29) is 23.2 Å². The average molecular weight is 363 g/mol. The number of morpholine rings is 1. The first kappa shape index (κ1) is 18.1. The molecule has 1 atom stereocenters. The molecule has 0 aromatic heterocycles. The molecule has 1 unspecified atom stereocenters. The average Bonchev–Trinajstić information content (AvgIpc) is 2.47. The molecule has 10 heteroatoms. The van der Waals surface area contributed by atoms with Crippen molar-refractivity contribution in [1.29, 1.82) is 0 Å². The van der Waals surface area contributed by atoms with Gasteiger partial charge in [-0.15, -0.1) is 0 Å². The molecule has 0 spiro atoms. The number of sulfonamides is 1. The smallest absolute Gasteiger partial charge is 0.301 e. The molecule has 23 heavy (non-hydrogen) atoms. The zero-order valence-corrected chi connectivity index (χ0v) is 14.9. The molecule has 1 aliphatic heterocycles. The van der Waals surface area contributed by atoms with Crippen LogP contribution in [0.2, 0.25) is 0 Å². The fourth-order valence-electron chi connectivity index (χ4n) is 2.16. The number of ether oxygens (including phenoxy) is 1. The van der Waals surface area contributed by atoms with Crippen LogP contribution in [0.25, 0.3) is 0 Å². The highest BCUT2D eigenvalue weighted by atomic mass is 32.2. The minimum absolute atomic E-state index is 0.0465. The van der Waals surface area contributed by atoms with Gasteiger partial charge >= 0.3 is 10.2 Å². The standard InChI is InChI=1S/C13H21N3O5S2/c1-11-10-21-8-7-16(11)22(17,18)13-6-4-5-12(9-13)14-23(19,20)15(2)3/h4-6,9,11,14H,7-8,10H2,1-3H3. The summed E-state index contributed by atoms with van der Waals surface area (Å²) >= 11 is 0. The summed E-state index contributed by atoms with van der Waals surface area (Å²) in [7, 11) is -4.62. The van der Waals surface area contributed by atoms with Crippen molar-refractivity contribution >= 4 is 25.9 Å². The quantitative estimate of drug-likeness (QED) is 0.812. The minimum Gasteiger partial charge on any atom is -0.378 e. The van der Waals surface area contributed by atoms with Gasteiger partial charge in [0.1, 0.15) is 0 Å². The zero-order valence-electron chi connectivity index (χ0n) is 13.3. The molecular weight excluding hydrogens is 342 g/mol. The van der Waals surface area contributed by atoms with E-state index in [1.807, 2.05) is 0 Å². The lowest BCUT2D eigenvalue weighted by Crippen LogP contribution is -2.46. The molecule has 1 aliphatic rings. The van der Waals surface area contributed by atoms with Crippen molar-refractivity contribution in [2.45, 2.75) is 17.9 Å². The van der Waals surface area contributed by atoms with Gasteiger partial charge < -0.3 is 4.74 Å². The second-order valence-electron chi connectivity index (χ2n) is 5.46. The highest BCUT2D eigenvalue weighted by Gasteiger charge is 2.31. The van der Waals surface area contributed by atoms with Gasteiger partial charge in [-0.25, -0.2) is 8.42 Å². The molecule has 2 rings (SSSR count). The Morgan fingerprint density at radius 1 is 1.26 bits per heavy atom. The third-order valence-electron chi connectivity index (χ3n) is 3.47. The predicted molar refractivity (Wildman–Crippen MR) is 86.8 cm³/mol. The van der Waals surface area contributed by atoms with Crippen molar-refractivity contribution in [3.63, 3.8) is 0 Å². The Labute approximate surface area is 137 Å². The van der Waals surface area contributed by atoms with Gasteiger partial charge in [0, 0.05) is 26.7 Å². The van der Waals surface area contributed by atoms with Crippen molar-refractivity contribution in [1.82, 2.24) is 8.61 Å². The maximum Gasteiger partial charge on any atom is 0.301 e. The monoisotopic (exact) mass is 363 g/mol. The first-order chi connectivity index (χ1) is 10.6. The molecule has 0 bridgehead atoms. The summed E-state index contributed by atoms with van der Waals surface area (Å²) < 4.78 is 59.1. The number of anilines is 1. The lowest BCUT2D eigenvalue weighted by atomic mass is 10.3. The van der Waals surface area contributed by atoms with Gasteiger partial charge in [-0.1, -0.05) is 6.07 Å². The van der Waals surface area contributed by atoms with Crippen LogP contribution in [0, 0.1) is 0 Å². The molecule has 0 aliphatic carbocycles. The topological polar surface area (TPSA) is 96.0 Å². The predicted octanol–water partition coefficient (Wildman–Crippen LogP) is 0.314. The second-order valence-corrected chi connectivity index (χ2v) is 9.23. The Hall–Kier alpha value is -1.20. The number of nitrogens with one attached hydrogen (secondary N) is 1. The third-order valence-corrected chi connectivity index (χ3v) is 6.94. The molecule has 0 amide bonds. The Morgan fingerprint density at radius 3 is 2.57 bits per heavy atom. The van der Waals surface area contributed by atoms with Crippen LogP contribution in [0.4, 0.5) is 5.69 Å². The lowest BCUT2D eigenvalue weighted by molar-refractivity contribution is 0.0393. The van der Waals surface area contributed by atoms with Gasteiger partial charge in [0.25, 0.3) is 0 Å². The number of hydrogen-bond donors (Lipinski definition) is 1. The van der Waals surface area contributed by atoms with Crippen LogP contribution >= 0.6 is 0 Å². The first-order valence-corrected chi connectivity index (χ1v) is 9.92. The lowest BCUT2D eigenvalue weighted by Gasteiger charge is -2.32. The summed E-state index contributed by atoms with van der Waals surface area (Å²) in [6.07, 6.45) is 0. The van der Waals surface area contributed by atoms with E-state index < -0.39 is 20.2 Å². The number of rotatable bonds is 5.